The minimum Gasteiger partial charge on any atom is -0.459 e. The zero-order valence-corrected chi connectivity index (χ0v) is 16.8. The normalized spacial score (nSPS) is 28.0. The lowest BCUT2D eigenvalue weighted by molar-refractivity contribution is -0.0613. The average molecular weight is 396 g/mol. The van der Waals surface area contributed by atoms with E-state index in [4.69, 9.17) is 14.2 Å². The monoisotopic (exact) mass is 396 g/mol. The van der Waals surface area contributed by atoms with Crippen LogP contribution in [0.15, 0.2) is 65.7 Å². The van der Waals surface area contributed by atoms with Crippen molar-refractivity contribution < 1.29 is 19.3 Å². The second kappa shape index (κ2) is 8.95. The Balaban J connectivity index is 1.43. The summed E-state index contributed by atoms with van der Waals surface area (Å²) in [5.74, 6) is -0.203. The van der Waals surface area contributed by atoms with Crippen molar-refractivity contribution in [3.63, 3.8) is 0 Å². The standard InChI is InChI=1S/C23H28N2O4/c1-25(2)23-24-19-21(29-23)18(15-27-13-16-9-5-3-6-10-16)20(26)22(19)28-14-17-11-7-4-8-12-17/h3-12,18-22,26H,13-15H2,1-2H3/t18-,19-,20-,21+,22-/m1/s1. The molecule has 1 aliphatic heterocycles. The van der Waals surface area contributed by atoms with Crippen LogP contribution in [-0.2, 0) is 27.4 Å². The van der Waals surface area contributed by atoms with Gasteiger partial charge in [0, 0.05) is 14.1 Å². The number of amidine groups is 1. The zero-order chi connectivity index (χ0) is 20.2. The number of aliphatic hydroxyl groups excluding tert-OH is 1. The molecule has 0 amide bonds. The number of ether oxygens (including phenoxy) is 3. The number of hydrogen-bond acceptors (Lipinski definition) is 6. The molecule has 1 N–H and O–H groups in total. The molecule has 0 bridgehead atoms. The van der Waals surface area contributed by atoms with Crippen molar-refractivity contribution in [3.8, 4) is 0 Å². The quantitative estimate of drug-likeness (QED) is 0.779. The van der Waals surface area contributed by atoms with Crippen LogP contribution in [0, 0.1) is 5.92 Å². The first-order valence-corrected chi connectivity index (χ1v) is 10.0. The Morgan fingerprint density at radius 1 is 0.966 bits per heavy atom. The van der Waals surface area contributed by atoms with Gasteiger partial charge < -0.3 is 24.2 Å². The maximum absolute atomic E-state index is 11.0. The molecule has 154 valence electrons. The fourth-order valence-electron chi connectivity index (χ4n) is 3.93. The molecule has 1 heterocycles. The van der Waals surface area contributed by atoms with Crippen LogP contribution in [0.5, 0.6) is 0 Å². The van der Waals surface area contributed by atoms with E-state index in [0.717, 1.165) is 11.1 Å². The molecule has 0 radical (unpaired) electrons. The Morgan fingerprint density at radius 2 is 1.59 bits per heavy atom. The van der Waals surface area contributed by atoms with Gasteiger partial charge in [-0.3, -0.25) is 0 Å². The van der Waals surface area contributed by atoms with E-state index >= 15 is 0 Å². The number of rotatable bonds is 7. The molecule has 0 unspecified atom stereocenters. The highest BCUT2D eigenvalue weighted by atomic mass is 16.5. The molecule has 6 nitrogen and oxygen atoms in total. The van der Waals surface area contributed by atoms with Crippen molar-refractivity contribution in [2.24, 2.45) is 10.9 Å². The average Bonchev–Trinajstić information content (AvgIpc) is 3.27. The summed E-state index contributed by atoms with van der Waals surface area (Å²) in [5.41, 5.74) is 2.17. The topological polar surface area (TPSA) is 63.5 Å². The molecule has 1 saturated carbocycles. The van der Waals surface area contributed by atoms with Crippen LogP contribution in [0.1, 0.15) is 11.1 Å². The lowest BCUT2D eigenvalue weighted by Gasteiger charge is -2.23. The third kappa shape index (κ3) is 4.45. The van der Waals surface area contributed by atoms with E-state index in [9.17, 15) is 5.11 Å². The maximum atomic E-state index is 11.0. The van der Waals surface area contributed by atoms with Crippen LogP contribution < -0.4 is 0 Å². The number of benzene rings is 2. The predicted octanol–water partition coefficient (Wildman–Crippen LogP) is 2.46. The number of aliphatic imine (C=N–C) groups is 1. The Labute approximate surface area is 171 Å². The van der Waals surface area contributed by atoms with Crippen LogP contribution in [0.3, 0.4) is 0 Å². The van der Waals surface area contributed by atoms with Gasteiger partial charge in [0.2, 0.25) is 0 Å². The fourth-order valence-corrected chi connectivity index (χ4v) is 3.93. The summed E-state index contributed by atoms with van der Waals surface area (Å²) in [6.07, 6.45) is -1.38. The maximum Gasteiger partial charge on any atom is 0.287 e. The van der Waals surface area contributed by atoms with Gasteiger partial charge in [0.05, 0.1) is 31.8 Å². The first-order valence-electron chi connectivity index (χ1n) is 10.0. The van der Waals surface area contributed by atoms with Gasteiger partial charge >= 0.3 is 0 Å². The van der Waals surface area contributed by atoms with E-state index in [1.165, 1.54) is 0 Å². The number of aliphatic hydroxyl groups is 1. The molecular weight excluding hydrogens is 368 g/mol. The molecule has 1 fully saturated rings. The van der Waals surface area contributed by atoms with Crippen LogP contribution in [0.2, 0.25) is 0 Å². The van der Waals surface area contributed by atoms with E-state index in [1.807, 2.05) is 79.7 Å². The highest BCUT2D eigenvalue weighted by Crippen LogP contribution is 2.38. The molecule has 6 heteroatoms. The van der Waals surface area contributed by atoms with Crippen LogP contribution >= 0.6 is 0 Å². The van der Waals surface area contributed by atoms with E-state index < -0.39 is 12.2 Å². The van der Waals surface area contributed by atoms with Crippen molar-refractivity contribution in [2.75, 3.05) is 20.7 Å². The van der Waals surface area contributed by atoms with Crippen molar-refractivity contribution in [3.05, 3.63) is 71.8 Å². The van der Waals surface area contributed by atoms with E-state index in [-0.39, 0.29) is 18.1 Å². The van der Waals surface area contributed by atoms with Gasteiger partial charge in [0.1, 0.15) is 18.2 Å². The molecule has 1 aliphatic carbocycles. The van der Waals surface area contributed by atoms with Crippen molar-refractivity contribution >= 4 is 6.02 Å². The third-order valence-electron chi connectivity index (χ3n) is 5.46. The number of fused-ring (bicyclic) bond motifs is 1. The predicted molar refractivity (Wildman–Crippen MR) is 110 cm³/mol. The van der Waals surface area contributed by atoms with Crippen LogP contribution in [0.4, 0.5) is 0 Å². The van der Waals surface area contributed by atoms with E-state index in [0.29, 0.717) is 25.8 Å². The van der Waals surface area contributed by atoms with Gasteiger partial charge in [-0.2, -0.15) is 0 Å². The van der Waals surface area contributed by atoms with Gasteiger partial charge in [-0.15, -0.1) is 0 Å². The summed E-state index contributed by atoms with van der Waals surface area (Å²) in [6, 6.07) is 20.3. The summed E-state index contributed by atoms with van der Waals surface area (Å²) in [6.45, 7) is 1.31. The molecule has 0 spiro atoms. The summed E-state index contributed by atoms with van der Waals surface area (Å²) < 4.78 is 18.1. The molecular formula is C23H28N2O4. The van der Waals surface area contributed by atoms with Gasteiger partial charge in [-0.05, 0) is 11.1 Å². The molecule has 2 aromatic rings. The Bertz CT molecular complexity index is 812. The third-order valence-corrected chi connectivity index (χ3v) is 5.46. The zero-order valence-electron chi connectivity index (χ0n) is 16.8. The molecule has 2 aliphatic rings. The van der Waals surface area contributed by atoms with Crippen molar-refractivity contribution in [2.45, 2.75) is 37.6 Å². The van der Waals surface area contributed by atoms with Gasteiger partial charge in [-0.25, -0.2) is 4.99 Å². The Kier molecular flexibility index (Phi) is 6.13. The minimum atomic E-state index is -0.697. The second-order valence-corrected chi connectivity index (χ2v) is 7.80. The summed E-state index contributed by atoms with van der Waals surface area (Å²) >= 11 is 0. The van der Waals surface area contributed by atoms with E-state index in [2.05, 4.69) is 4.99 Å². The van der Waals surface area contributed by atoms with Crippen LogP contribution in [0.25, 0.3) is 0 Å². The smallest absolute Gasteiger partial charge is 0.287 e. The SMILES string of the molecule is CN(C)C1=N[C@H]2[C@@H](OCc3ccccc3)[C@H](O)[C@@H](COCc3ccccc3)[C@@H]2O1. The lowest BCUT2D eigenvalue weighted by atomic mass is 10.0. The first-order chi connectivity index (χ1) is 14.1. The summed E-state index contributed by atoms with van der Waals surface area (Å²) in [7, 11) is 3.80. The van der Waals surface area contributed by atoms with Gasteiger partial charge in [0.15, 0.2) is 0 Å². The Hall–Kier alpha value is -2.41. The number of nitrogens with zero attached hydrogens (tertiary/aromatic N) is 2. The molecule has 0 aromatic heterocycles. The van der Waals surface area contributed by atoms with Gasteiger partial charge in [-0.1, -0.05) is 60.7 Å². The molecule has 4 rings (SSSR count). The van der Waals surface area contributed by atoms with Gasteiger partial charge in [0.25, 0.3) is 6.02 Å². The molecule has 0 saturated heterocycles. The highest BCUT2D eigenvalue weighted by molar-refractivity contribution is 5.75. The Morgan fingerprint density at radius 3 is 2.21 bits per heavy atom. The molecule has 5 atom stereocenters. The largest absolute Gasteiger partial charge is 0.459 e. The summed E-state index contributed by atoms with van der Waals surface area (Å²) in [5, 5.41) is 11.0. The molecule has 2 aromatic carbocycles. The summed E-state index contributed by atoms with van der Waals surface area (Å²) in [4.78, 5) is 6.54. The van der Waals surface area contributed by atoms with Crippen LogP contribution in [-0.4, -0.2) is 61.1 Å². The fraction of sp³-hybridized carbons (Fsp3) is 0.435. The molecule has 29 heavy (non-hydrogen) atoms. The first kappa shape index (κ1) is 19.9. The van der Waals surface area contributed by atoms with E-state index in [1.54, 1.807) is 0 Å². The number of hydrogen-bond donors (Lipinski definition) is 1. The second-order valence-electron chi connectivity index (χ2n) is 7.80. The highest BCUT2D eigenvalue weighted by Gasteiger charge is 2.55. The van der Waals surface area contributed by atoms with Crippen molar-refractivity contribution in [1.29, 1.82) is 0 Å². The van der Waals surface area contributed by atoms with Crippen molar-refractivity contribution in [1.82, 2.24) is 4.90 Å². The lowest BCUT2D eigenvalue weighted by Crippen LogP contribution is -2.36. The minimum absolute atomic E-state index is 0.203.